The number of hydrogen-bond donors (Lipinski definition) is 2. The van der Waals surface area contributed by atoms with Gasteiger partial charge in [-0.15, -0.1) is 0 Å². The number of ether oxygens (including phenoxy) is 1. The van der Waals surface area contributed by atoms with Crippen molar-refractivity contribution in [1.82, 2.24) is 10.2 Å². The molecule has 0 aromatic heterocycles. The van der Waals surface area contributed by atoms with Crippen molar-refractivity contribution in [2.24, 2.45) is 17.8 Å². The van der Waals surface area contributed by atoms with E-state index in [1.54, 1.807) is 19.2 Å². The summed E-state index contributed by atoms with van der Waals surface area (Å²) in [6.45, 7) is 2.42. The number of methoxy groups -OCH3 is 1. The summed E-state index contributed by atoms with van der Waals surface area (Å²) in [6, 6.07) is 4.59. The number of nitrogens with one attached hydrogen (secondary N) is 1. The molecule has 1 saturated heterocycles. The van der Waals surface area contributed by atoms with Crippen molar-refractivity contribution in [3.63, 3.8) is 0 Å². The summed E-state index contributed by atoms with van der Waals surface area (Å²) in [6.07, 6.45) is 7.16. The molecule has 1 aromatic carbocycles. The zero-order chi connectivity index (χ0) is 26.8. The standard InChI is InChI=1S/C29H45ClF2N2O3/c1-33-19-22(17-21-10-12-24(31)13-11-21)18-27(35)34-15-6-7-23(20-34)29(36,14-3-4-16-37-2)25-8-5-9-26(32)28(25)30/h5,8-9,21-24,33,36H,3-4,6-7,10-20H2,1-2H3/t21?,22-,23-,24?,29+/m1/s1. The van der Waals surface area contributed by atoms with Crippen LogP contribution in [0.4, 0.5) is 8.78 Å². The molecular weight excluding hydrogens is 498 g/mol. The number of carbonyl (C=O) groups is 1. The highest BCUT2D eigenvalue weighted by molar-refractivity contribution is 6.31. The lowest BCUT2D eigenvalue weighted by Crippen LogP contribution is -2.48. The van der Waals surface area contributed by atoms with Gasteiger partial charge in [-0.3, -0.25) is 4.79 Å². The molecule has 0 bridgehead atoms. The number of benzene rings is 1. The molecule has 1 aliphatic carbocycles. The Morgan fingerprint density at radius 1 is 1.27 bits per heavy atom. The summed E-state index contributed by atoms with van der Waals surface area (Å²) in [4.78, 5) is 15.3. The smallest absolute Gasteiger partial charge is 0.222 e. The van der Waals surface area contributed by atoms with E-state index in [4.69, 9.17) is 16.3 Å². The third-order valence-corrected chi connectivity index (χ3v) is 8.81. The van der Waals surface area contributed by atoms with Gasteiger partial charge < -0.3 is 20.1 Å². The molecule has 1 heterocycles. The van der Waals surface area contributed by atoms with E-state index < -0.39 is 17.6 Å². The van der Waals surface area contributed by atoms with Crippen LogP contribution in [0.15, 0.2) is 18.2 Å². The molecule has 0 spiro atoms. The van der Waals surface area contributed by atoms with Crippen LogP contribution in [-0.2, 0) is 15.1 Å². The average molecular weight is 543 g/mol. The number of alkyl halides is 1. The van der Waals surface area contributed by atoms with Gasteiger partial charge in [0.15, 0.2) is 0 Å². The molecule has 37 heavy (non-hydrogen) atoms. The van der Waals surface area contributed by atoms with Crippen molar-refractivity contribution in [3.8, 4) is 0 Å². The fourth-order valence-corrected chi connectivity index (χ4v) is 6.65. The van der Waals surface area contributed by atoms with E-state index in [0.717, 1.165) is 45.1 Å². The third kappa shape index (κ3) is 8.35. The monoisotopic (exact) mass is 542 g/mol. The SMILES string of the molecule is CNC[C@@H](CC(=O)N1CCC[C@@H]([C@@](O)(CCCCOC)c2cccc(F)c2Cl)C1)CC1CCC(F)CC1. The first-order chi connectivity index (χ1) is 17.8. The van der Waals surface area contributed by atoms with Crippen molar-refractivity contribution >= 4 is 17.5 Å². The van der Waals surface area contributed by atoms with Gasteiger partial charge in [-0.05, 0) is 95.7 Å². The molecule has 2 aliphatic rings. The number of likely N-dealkylation sites (tertiary alicyclic amines) is 1. The third-order valence-electron chi connectivity index (χ3n) is 8.42. The van der Waals surface area contributed by atoms with Crippen LogP contribution in [0.2, 0.25) is 5.02 Å². The van der Waals surface area contributed by atoms with Crippen molar-refractivity contribution in [1.29, 1.82) is 0 Å². The Balaban J connectivity index is 1.70. The van der Waals surface area contributed by atoms with Crippen LogP contribution in [0.5, 0.6) is 0 Å². The highest BCUT2D eigenvalue weighted by atomic mass is 35.5. The van der Waals surface area contributed by atoms with Gasteiger partial charge in [-0.2, -0.15) is 0 Å². The van der Waals surface area contributed by atoms with E-state index in [2.05, 4.69) is 5.32 Å². The number of halogens is 3. The van der Waals surface area contributed by atoms with Crippen LogP contribution in [0.25, 0.3) is 0 Å². The maximum Gasteiger partial charge on any atom is 0.222 e. The molecule has 3 rings (SSSR count). The quantitative estimate of drug-likeness (QED) is 0.306. The summed E-state index contributed by atoms with van der Waals surface area (Å²) in [5.41, 5.74) is -0.927. The predicted octanol–water partition coefficient (Wildman–Crippen LogP) is 5.87. The lowest BCUT2D eigenvalue weighted by molar-refractivity contribution is -0.138. The van der Waals surface area contributed by atoms with Gasteiger partial charge in [0.25, 0.3) is 0 Å². The van der Waals surface area contributed by atoms with Crippen LogP contribution < -0.4 is 5.32 Å². The van der Waals surface area contributed by atoms with E-state index in [-0.39, 0.29) is 22.8 Å². The fourth-order valence-electron chi connectivity index (χ4n) is 6.36. The Hall–Kier alpha value is -1.28. The first kappa shape index (κ1) is 30.3. The second-order valence-electron chi connectivity index (χ2n) is 11.1. The predicted molar refractivity (Wildman–Crippen MR) is 144 cm³/mol. The minimum atomic E-state index is -1.33. The molecule has 1 aromatic rings. The van der Waals surface area contributed by atoms with E-state index >= 15 is 0 Å². The highest BCUT2D eigenvalue weighted by Crippen LogP contribution is 2.43. The van der Waals surface area contributed by atoms with Gasteiger partial charge in [-0.1, -0.05) is 23.7 Å². The molecule has 1 amide bonds. The molecule has 0 radical (unpaired) electrons. The van der Waals surface area contributed by atoms with Gasteiger partial charge >= 0.3 is 0 Å². The zero-order valence-electron chi connectivity index (χ0n) is 22.5. The molecule has 2 fully saturated rings. The number of piperidine rings is 1. The van der Waals surface area contributed by atoms with E-state index in [1.165, 1.54) is 6.07 Å². The Morgan fingerprint density at radius 2 is 2.03 bits per heavy atom. The number of nitrogens with zero attached hydrogens (tertiary/aromatic N) is 1. The first-order valence-electron chi connectivity index (χ1n) is 14.0. The van der Waals surface area contributed by atoms with E-state index in [9.17, 15) is 18.7 Å². The lowest BCUT2D eigenvalue weighted by Gasteiger charge is -2.43. The number of unbranched alkanes of at least 4 members (excludes halogenated alkanes) is 1. The van der Waals surface area contributed by atoms with Crippen LogP contribution in [-0.4, -0.2) is 62.5 Å². The Kier molecular flexibility index (Phi) is 12.1. The molecule has 1 aliphatic heterocycles. The Bertz CT molecular complexity index is 852. The molecule has 8 heteroatoms. The van der Waals surface area contributed by atoms with Crippen molar-refractivity contribution in [2.45, 2.75) is 82.4 Å². The minimum absolute atomic E-state index is 0.0442. The Morgan fingerprint density at radius 3 is 2.73 bits per heavy atom. The number of carbonyl (C=O) groups excluding carboxylic acids is 1. The summed E-state index contributed by atoms with van der Waals surface area (Å²) < 4.78 is 33.2. The van der Waals surface area contributed by atoms with Crippen molar-refractivity contribution < 1.29 is 23.4 Å². The van der Waals surface area contributed by atoms with Gasteiger partial charge in [0.1, 0.15) is 12.0 Å². The summed E-state index contributed by atoms with van der Waals surface area (Å²) in [7, 11) is 3.55. The molecule has 3 atom stereocenters. The summed E-state index contributed by atoms with van der Waals surface area (Å²) >= 11 is 6.37. The van der Waals surface area contributed by atoms with Crippen LogP contribution in [0.1, 0.15) is 76.2 Å². The van der Waals surface area contributed by atoms with Crippen molar-refractivity contribution in [3.05, 3.63) is 34.6 Å². The molecular formula is C29H45ClF2N2O3. The normalized spacial score (nSPS) is 25.0. The first-order valence-corrected chi connectivity index (χ1v) is 14.4. The number of aliphatic hydroxyl groups is 1. The molecule has 210 valence electrons. The molecule has 2 N–H and O–H groups in total. The minimum Gasteiger partial charge on any atom is -0.385 e. The second kappa shape index (κ2) is 14.8. The van der Waals surface area contributed by atoms with E-state index in [0.29, 0.717) is 63.3 Å². The van der Waals surface area contributed by atoms with Crippen LogP contribution >= 0.6 is 11.6 Å². The number of amides is 1. The summed E-state index contributed by atoms with van der Waals surface area (Å²) in [5, 5.41) is 15.2. The Labute approximate surface area is 226 Å². The lowest BCUT2D eigenvalue weighted by atomic mass is 9.74. The maximum absolute atomic E-state index is 14.4. The summed E-state index contributed by atoms with van der Waals surface area (Å²) in [5.74, 6) is -0.0232. The largest absolute Gasteiger partial charge is 0.385 e. The zero-order valence-corrected chi connectivity index (χ0v) is 23.2. The second-order valence-corrected chi connectivity index (χ2v) is 11.5. The van der Waals surface area contributed by atoms with Crippen LogP contribution in [0, 0.1) is 23.6 Å². The highest BCUT2D eigenvalue weighted by Gasteiger charge is 2.43. The van der Waals surface area contributed by atoms with E-state index in [1.807, 2.05) is 11.9 Å². The molecule has 0 unspecified atom stereocenters. The fraction of sp³-hybridized carbons (Fsp3) is 0.759. The number of rotatable bonds is 13. The van der Waals surface area contributed by atoms with Crippen LogP contribution in [0.3, 0.4) is 0 Å². The molecule has 1 saturated carbocycles. The average Bonchev–Trinajstić information content (AvgIpc) is 2.89. The number of hydrogen-bond acceptors (Lipinski definition) is 4. The van der Waals surface area contributed by atoms with Gasteiger partial charge in [-0.25, -0.2) is 8.78 Å². The van der Waals surface area contributed by atoms with Gasteiger partial charge in [0, 0.05) is 44.7 Å². The van der Waals surface area contributed by atoms with Gasteiger partial charge in [0.2, 0.25) is 5.91 Å². The maximum atomic E-state index is 14.4. The molecule has 5 nitrogen and oxygen atoms in total. The van der Waals surface area contributed by atoms with Crippen molar-refractivity contribution in [2.75, 3.05) is 40.4 Å². The topological polar surface area (TPSA) is 61.8 Å². The van der Waals surface area contributed by atoms with Gasteiger partial charge in [0.05, 0.1) is 10.6 Å².